The van der Waals surface area contributed by atoms with Gasteiger partial charge in [-0.15, -0.1) is 11.3 Å². The monoisotopic (exact) mass is 541 g/mol. The Bertz CT molecular complexity index is 2180. The van der Waals surface area contributed by atoms with Crippen molar-refractivity contribution in [3.05, 3.63) is 140 Å². The summed E-state index contributed by atoms with van der Waals surface area (Å²) < 4.78 is 2.60. The number of aromatic nitrogens is 3. The summed E-state index contributed by atoms with van der Waals surface area (Å²) in [5, 5.41) is 5.00. The fraction of sp³-hybridized carbons (Fsp3) is 0. The summed E-state index contributed by atoms with van der Waals surface area (Å²) in [4.78, 5) is 14.8. The molecule has 8 rings (SSSR count). The molecule has 0 atom stereocenters. The molecule has 2 aromatic heterocycles. The molecule has 0 unspecified atom stereocenters. The summed E-state index contributed by atoms with van der Waals surface area (Å²) in [5.41, 5.74) is 5.24. The van der Waals surface area contributed by atoms with Crippen molar-refractivity contribution >= 4 is 42.3 Å². The van der Waals surface area contributed by atoms with Crippen LogP contribution in [-0.2, 0) is 0 Å². The number of rotatable bonds is 4. The van der Waals surface area contributed by atoms with Crippen LogP contribution in [0.25, 0.3) is 76.2 Å². The molecule has 0 N–H and O–H groups in total. The number of thiophene rings is 1. The minimum Gasteiger partial charge on any atom is -0.208 e. The Morgan fingerprint density at radius 3 is 1.61 bits per heavy atom. The number of benzene rings is 6. The molecule has 0 amide bonds. The van der Waals surface area contributed by atoms with Crippen molar-refractivity contribution in [1.82, 2.24) is 15.0 Å². The van der Waals surface area contributed by atoms with Crippen LogP contribution in [0.3, 0.4) is 0 Å². The third kappa shape index (κ3) is 4.35. The van der Waals surface area contributed by atoms with E-state index in [4.69, 9.17) is 15.0 Å². The van der Waals surface area contributed by atoms with Gasteiger partial charge in [0.1, 0.15) is 0 Å². The zero-order chi connectivity index (χ0) is 27.2. The average Bonchev–Trinajstić information content (AvgIpc) is 3.41. The van der Waals surface area contributed by atoms with E-state index in [0.29, 0.717) is 17.5 Å². The first-order valence-corrected chi connectivity index (χ1v) is 14.4. The lowest BCUT2D eigenvalue weighted by molar-refractivity contribution is 1.07. The van der Waals surface area contributed by atoms with Gasteiger partial charge >= 0.3 is 0 Å². The molecule has 41 heavy (non-hydrogen) atoms. The van der Waals surface area contributed by atoms with Gasteiger partial charge in [-0.25, -0.2) is 15.0 Å². The van der Waals surface area contributed by atoms with Gasteiger partial charge in [-0.2, -0.15) is 0 Å². The van der Waals surface area contributed by atoms with Crippen molar-refractivity contribution in [1.29, 1.82) is 0 Å². The molecule has 0 aliphatic rings. The van der Waals surface area contributed by atoms with E-state index in [2.05, 4.69) is 103 Å². The molecular formula is C37H23N3S. The van der Waals surface area contributed by atoms with Crippen molar-refractivity contribution in [2.45, 2.75) is 0 Å². The third-order valence-electron chi connectivity index (χ3n) is 7.51. The number of nitrogens with zero attached hydrogens (tertiary/aromatic N) is 3. The van der Waals surface area contributed by atoms with Crippen LogP contribution in [-0.4, -0.2) is 15.0 Å². The number of hydrogen-bond donors (Lipinski definition) is 0. The standard InChI is InChI=1S/C37H23N3S/c1-3-9-24(10-4-1)25-15-17-27(18-16-25)36-38-35(26-11-5-2-6-12-26)39-37(40-36)29-20-19-28-22-32-31-13-7-8-14-33(31)41-34(32)23-30(28)21-29/h1-23H. The van der Waals surface area contributed by atoms with Crippen LogP contribution in [0.15, 0.2) is 140 Å². The molecule has 3 nitrogen and oxygen atoms in total. The maximum atomic E-state index is 4.99. The van der Waals surface area contributed by atoms with E-state index < -0.39 is 0 Å². The Labute approximate surface area is 241 Å². The second-order valence-corrected chi connectivity index (χ2v) is 11.2. The van der Waals surface area contributed by atoms with Crippen molar-refractivity contribution in [2.24, 2.45) is 0 Å². The minimum absolute atomic E-state index is 0.661. The molecule has 0 fully saturated rings. The Kier molecular flexibility index (Phi) is 5.64. The second-order valence-electron chi connectivity index (χ2n) is 10.1. The number of hydrogen-bond acceptors (Lipinski definition) is 4. The molecule has 4 heteroatoms. The van der Waals surface area contributed by atoms with Crippen LogP contribution >= 0.6 is 11.3 Å². The van der Waals surface area contributed by atoms with Gasteiger partial charge in [-0.1, -0.05) is 115 Å². The van der Waals surface area contributed by atoms with Crippen molar-refractivity contribution < 1.29 is 0 Å². The number of fused-ring (bicyclic) bond motifs is 4. The Morgan fingerprint density at radius 1 is 0.341 bits per heavy atom. The first kappa shape index (κ1) is 23.7. The summed E-state index contributed by atoms with van der Waals surface area (Å²) in [6, 6.07) is 48.7. The SMILES string of the molecule is c1ccc(-c2ccc(-c3nc(-c4ccccc4)nc(-c4ccc5cc6c(cc5c4)sc4ccccc46)n3)cc2)cc1. The van der Waals surface area contributed by atoms with E-state index in [0.717, 1.165) is 22.3 Å². The van der Waals surface area contributed by atoms with Crippen molar-refractivity contribution in [3.8, 4) is 45.3 Å². The highest BCUT2D eigenvalue weighted by Gasteiger charge is 2.14. The van der Waals surface area contributed by atoms with E-state index in [9.17, 15) is 0 Å². The van der Waals surface area contributed by atoms with Crippen LogP contribution in [0.2, 0.25) is 0 Å². The van der Waals surface area contributed by atoms with Gasteiger partial charge in [-0.05, 0) is 46.2 Å². The Hall–Kier alpha value is -5.19. The van der Waals surface area contributed by atoms with Crippen LogP contribution in [0.1, 0.15) is 0 Å². The highest BCUT2D eigenvalue weighted by molar-refractivity contribution is 7.25. The Balaban J connectivity index is 1.26. The van der Waals surface area contributed by atoms with Crippen LogP contribution in [0.5, 0.6) is 0 Å². The molecule has 0 aliphatic heterocycles. The fourth-order valence-corrected chi connectivity index (χ4v) is 6.54. The molecule has 192 valence electrons. The topological polar surface area (TPSA) is 38.7 Å². The van der Waals surface area contributed by atoms with Gasteiger partial charge in [0.25, 0.3) is 0 Å². The zero-order valence-corrected chi connectivity index (χ0v) is 22.8. The van der Waals surface area contributed by atoms with Gasteiger partial charge < -0.3 is 0 Å². The fourth-order valence-electron chi connectivity index (χ4n) is 5.40. The third-order valence-corrected chi connectivity index (χ3v) is 8.65. The normalized spacial score (nSPS) is 11.4. The highest BCUT2D eigenvalue weighted by atomic mass is 32.1. The lowest BCUT2D eigenvalue weighted by Gasteiger charge is -2.10. The second kappa shape index (κ2) is 9.77. The largest absolute Gasteiger partial charge is 0.208 e. The molecule has 0 bridgehead atoms. The van der Waals surface area contributed by atoms with Gasteiger partial charge in [0.05, 0.1) is 0 Å². The lowest BCUT2D eigenvalue weighted by atomic mass is 10.0. The molecule has 0 saturated carbocycles. The van der Waals surface area contributed by atoms with Gasteiger partial charge in [-0.3, -0.25) is 0 Å². The van der Waals surface area contributed by atoms with Crippen LogP contribution in [0, 0.1) is 0 Å². The molecule has 8 aromatic rings. The quantitative estimate of drug-likeness (QED) is 0.222. The molecule has 2 heterocycles. The maximum absolute atomic E-state index is 4.99. The van der Waals surface area contributed by atoms with E-state index in [1.54, 1.807) is 0 Å². The first-order valence-electron chi connectivity index (χ1n) is 13.6. The highest BCUT2D eigenvalue weighted by Crippen LogP contribution is 2.37. The lowest BCUT2D eigenvalue weighted by Crippen LogP contribution is -2.00. The van der Waals surface area contributed by atoms with Crippen LogP contribution < -0.4 is 0 Å². The summed E-state index contributed by atoms with van der Waals surface area (Å²) in [6.07, 6.45) is 0. The molecule has 0 radical (unpaired) electrons. The average molecular weight is 542 g/mol. The van der Waals surface area contributed by atoms with E-state index in [-0.39, 0.29) is 0 Å². The zero-order valence-electron chi connectivity index (χ0n) is 22.0. The van der Waals surface area contributed by atoms with Crippen molar-refractivity contribution in [2.75, 3.05) is 0 Å². The summed E-state index contributed by atoms with van der Waals surface area (Å²) in [5.74, 6) is 1.99. The van der Waals surface area contributed by atoms with E-state index in [1.807, 2.05) is 47.7 Å². The van der Waals surface area contributed by atoms with Gasteiger partial charge in [0.15, 0.2) is 17.5 Å². The summed E-state index contributed by atoms with van der Waals surface area (Å²) in [6.45, 7) is 0. The molecule has 0 saturated heterocycles. The summed E-state index contributed by atoms with van der Waals surface area (Å²) >= 11 is 1.84. The summed E-state index contributed by atoms with van der Waals surface area (Å²) in [7, 11) is 0. The molecular weight excluding hydrogens is 518 g/mol. The van der Waals surface area contributed by atoms with Crippen molar-refractivity contribution in [3.63, 3.8) is 0 Å². The van der Waals surface area contributed by atoms with E-state index in [1.165, 1.54) is 36.5 Å². The smallest absolute Gasteiger partial charge is 0.164 e. The molecule has 0 spiro atoms. The molecule has 6 aromatic carbocycles. The predicted molar refractivity (Wildman–Crippen MR) is 172 cm³/mol. The van der Waals surface area contributed by atoms with Gasteiger partial charge in [0, 0.05) is 36.9 Å². The first-order chi connectivity index (χ1) is 20.3. The predicted octanol–water partition coefficient (Wildman–Crippen LogP) is 10.1. The molecule has 0 aliphatic carbocycles. The van der Waals surface area contributed by atoms with Gasteiger partial charge in [0.2, 0.25) is 0 Å². The maximum Gasteiger partial charge on any atom is 0.164 e. The van der Waals surface area contributed by atoms with Crippen LogP contribution in [0.4, 0.5) is 0 Å². The van der Waals surface area contributed by atoms with E-state index >= 15 is 0 Å². The Morgan fingerprint density at radius 2 is 0.878 bits per heavy atom. The minimum atomic E-state index is 0.661.